The fourth-order valence-electron chi connectivity index (χ4n) is 7.40. The van der Waals surface area contributed by atoms with Gasteiger partial charge < -0.3 is 34.5 Å². The topological polar surface area (TPSA) is 136 Å². The standard InChI is InChI=1S/C32H42F2N2O8/c1-31-9-8-27(44-30(40)36-21-13-24(41-3)29(43-5)25(14-21)42-4)32(2,17-37)26(31)7-6-23(38)22(31)15-28(39)35-16-18-10-19(33)12-20(34)11-18/h10-14,22-23,26-27,37-38H,6-9,15-17H2,1-5H3,(H,35,39)(H,36,40). The van der Waals surface area contributed by atoms with Crippen molar-refractivity contribution in [2.75, 3.05) is 33.3 Å². The predicted octanol–water partition coefficient (Wildman–Crippen LogP) is 4.80. The van der Waals surface area contributed by atoms with Crippen LogP contribution in [0.3, 0.4) is 0 Å². The van der Waals surface area contributed by atoms with Crippen LogP contribution in [0.1, 0.15) is 51.5 Å². The van der Waals surface area contributed by atoms with Gasteiger partial charge in [-0.1, -0.05) is 13.8 Å². The summed E-state index contributed by atoms with van der Waals surface area (Å²) >= 11 is 0. The van der Waals surface area contributed by atoms with E-state index in [1.807, 2.05) is 13.8 Å². The van der Waals surface area contributed by atoms with Crippen LogP contribution in [-0.2, 0) is 16.1 Å². The molecule has 12 heteroatoms. The van der Waals surface area contributed by atoms with Crippen molar-refractivity contribution in [1.82, 2.24) is 5.32 Å². The summed E-state index contributed by atoms with van der Waals surface area (Å²) in [5.74, 6) is -1.34. The van der Waals surface area contributed by atoms with E-state index in [9.17, 15) is 28.6 Å². The molecule has 6 atom stereocenters. The van der Waals surface area contributed by atoms with Gasteiger partial charge in [-0.2, -0.15) is 0 Å². The van der Waals surface area contributed by atoms with E-state index in [4.69, 9.17) is 18.9 Å². The molecule has 0 heterocycles. The van der Waals surface area contributed by atoms with Crippen LogP contribution in [0, 0.1) is 34.3 Å². The Labute approximate surface area is 256 Å². The third-order valence-electron chi connectivity index (χ3n) is 9.65. The molecular weight excluding hydrogens is 578 g/mol. The fourth-order valence-corrected chi connectivity index (χ4v) is 7.40. The van der Waals surface area contributed by atoms with E-state index in [1.165, 1.54) is 21.3 Å². The monoisotopic (exact) mass is 620 g/mol. The van der Waals surface area contributed by atoms with Gasteiger partial charge in [0.2, 0.25) is 11.7 Å². The molecule has 2 aliphatic carbocycles. The summed E-state index contributed by atoms with van der Waals surface area (Å²) in [6, 6.07) is 6.23. The van der Waals surface area contributed by atoms with E-state index in [-0.39, 0.29) is 31.4 Å². The molecule has 2 amide bonds. The summed E-state index contributed by atoms with van der Waals surface area (Å²) in [4.78, 5) is 26.1. The number of halogens is 2. The maximum Gasteiger partial charge on any atom is 0.411 e. The highest BCUT2D eigenvalue weighted by Gasteiger charge is 2.60. The highest BCUT2D eigenvalue weighted by atomic mass is 19.1. The minimum absolute atomic E-state index is 0.000614. The third-order valence-corrected chi connectivity index (χ3v) is 9.65. The lowest BCUT2D eigenvalue weighted by atomic mass is 9.46. The van der Waals surface area contributed by atoms with E-state index in [2.05, 4.69) is 10.6 Å². The van der Waals surface area contributed by atoms with Gasteiger partial charge in [0, 0.05) is 36.6 Å². The van der Waals surface area contributed by atoms with E-state index >= 15 is 0 Å². The maximum atomic E-state index is 13.6. The van der Waals surface area contributed by atoms with Crippen LogP contribution in [0.2, 0.25) is 0 Å². The highest BCUT2D eigenvalue weighted by Crippen LogP contribution is 2.61. The predicted molar refractivity (Wildman–Crippen MR) is 158 cm³/mol. The zero-order chi connectivity index (χ0) is 32.2. The van der Waals surface area contributed by atoms with E-state index in [0.29, 0.717) is 54.2 Å². The third kappa shape index (κ3) is 6.71. The smallest absolute Gasteiger partial charge is 0.411 e. The number of fused-ring (bicyclic) bond motifs is 1. The number of methoxy groups -OCH3 is 3. The molecule has 0 spiro atoms. The Bertz CT molecular complexity index is 1310. The summed E-state index contributed by atoms with van der Waals surface area (Å²) in [5.41, 5.74) is -0.749. The molecule has 0 saturated heterocycles. The molecule has 0 aromatic heterocycles. The van der Waals surface area contributed by atoms with E-state index in [1.54, 1.807) is 12.1 Å². The molecule has 0 bridgehead atoms. The minimum atomic E-state index is -0.854. The van der Waals surface area contributed by atoms with Crippen LogP contribution < -0.4 is 24.8 Å². The van der Waals surface area contributed by atoms with Crippen molar-refractivity contribution in [1.29, 1.82) is 0 Å². The Morgan fingerprint density at radius 1 is 0.955 bits per heavy atom. The first kappa shape index (κ1) is 33.3. The first-order valence-corrected chi connectivity index (χ1v) is 14.7. The zero-order valence-electron chi connectivity index (χ0n) is 25.7. The van der Waals surface area contributed by atoms with E-state index in [0.717, 1.165) is 18.2 Å². The van der Waals surface area contributed by atoms with Gasteiger partial charge in [0.1, 0.15) is 17.7 Å². The Morgan fingerprint density at radius 2 is 1.59 bits per heavy atom. The van der Waals surface area contributed by atoms with Gasteiger partial charge >= 0.3 is 6.09 Å². The van der Waals surface area contributed by atoms with Crippen LogP contribution in [-0.4, -0.2) is 62.4 Å². The SMILES string of the molecule is COc1cc(NC(=O)OC2CCC3(C)C(CC(=O)NCc4cc(F)cc(F)c4)C(O)CCC3C2(C)CO)cc(OC)c1OC. The lowest BCUT2D eigenvalue weighted by molar-refractivity contribution is -0.185. The molecule has 4 N–H and O–H groups in total. The molecule has 44 heavy (non-hydrogen) atoms. The first-order chi connectivity index (χ1) is 20.9. The Balaban J connectivity index is 1.46. The quantitative estimate of drug-likeness (QED) is 0.298. The average Bonchev–Trinajstić information content (AvgIpc) is 2.98. The second kappa shape index (κ2) is 13.6. The summed E-state index contributed by atoms with van der Waals surface area (Å²) < 4.78 is 49.1. The molecule has 2 aromatic rings. The Morgan fingerprint density at radius 3 is 2.16 bits per heavy atom. The number of carbonyl (C=O) groups is 2. The Hall–Kier alpha value is -3.64. The lowest BCUT2D eigenvalue weighted by Gasteiger charge is -2.60. The summed E-state index contributed by atoms with van der Waals surface area (Å²) in [6.07, 6.45) is -0.178. The molecule has 2 aliphatic rings. The molecule has 2 fully saturated rings. The Kier molecular flexibility index (Phi) is 10.2. The summed E-state index contributed by atoms with van der Waals surface area (Å²) in [6.45, 7) is 3.57. The van der Waals surface area contributed by atoms with Crippen LogP contribution in [0.15, 0.2) is 30.3 Å². The van der Waals surface area contributed by atoms with Crippen molar-refractivity contribution in [3.8, 4) is 17.2 Å². The van der Waals surface area contributed by atoms with Gasteiger partial charge in [-0.3, -0.25) is 10.1 Å². The number of hydrogen-bond acceptors (Lipinski definition) is 8. The number of ether oxygens (including phenoxy) is 4. The van der Waals surface area contributed by atoms with Gasteiger partial charge in [0.25, 0.3) is 0 Å². The van der Waals surface area contributed by atoms with Crippen LogP contribution in [0.5, 0.6) is 17.2 Å². The van der Waals surface area contributed by atoms with Gasteiger partial charge in [0.05, 0.1) is 39.7 Å². The summed E-state index contributed by atoms with van der Waals surface area (Å²) in [7, 11) is 4.41. The molecule has 242 valence electrons. The number of rotatable bonds is 10. The normalized spacial score (nSPS) is 27.9. The largest absolute Gasteiger partial charge is 0.493 e. The number of hydrogen-bond donors (Lipinski definition) is 4. The van der Waals surface area contributed by atoms with Crippen molar-refractivity contribution in [3.63, 3.8) is 0 Å². The molecule has 2 saturated carbocycles. The lowest BCUT2D eigenvalue weighted by Crippen LogP contribution is -2.61. The number of carbonyl (C=O) groups excluding carboxylic acids is 2. The average molecular weight is 621 g/mol. The number of aliphatic hydroxyl groups excluding tert-OH is 2. The van der Waals surface area contributed by atoms with Crippen molar-refractivity contribution < 1.29 is 47.5 Å². The fraction of sp³-hybridized carbons (Fsp3) is 0.562. The number of benzene rings is 2. The summed E-state index contributed by atoms with van der Waals surface area (Å²) in [5, 5.41) is 27.2. The first-order valence-electron chi connectivity index (χ1n) is 14.7. The van der Waals surface area contributed by atoms with Crippen molar-refractivity contribution in [2.24, 2.45) is 22.7 Å². The molecule has 10 nitrogen and oxygen atoms in total. The number of anilines is 1. The molecule has 6 unspecified atom stereocenters. The van der Waals surface area contributed by atoms with Gasteiger partial charge in [0.15, 0.2) is 11.5 Å². The van der Waals surface area contributed by atoms with Gasteiger partial charge in [-0.05, 0) is 60.6 Å². The van der Waals surface area contributed by atoms with Crippen molar-refractivity contribution in [2.45, 2.75) is 64.7 Å². The highest BCUT2D eigenvalue weighted by molar-refractivity contribution is 5.86. The van der Waals surface area contributed by atoms with Crippen LogP contribution >= 0.6 is 0 Å². The van der Waals surface area contributed by atoms with Gasteiger partial charge in [-0.15, -0.1) is 0 Å². The van der Waals surface area contributed by atoms with Crippen LogP contribution in [0.4, 0.5) is 19.3 Å². The van der Waals surface area contributed by atoms with Crippen molar-refractivity contribution in [3.05, 3.63) is 47.5 Å². The maximum absolute atomic E-state index is 13.6. The molecule has 2 aromatic carbocycles. The van der Waals surface area contributed by atoms with Gasteiger partial charge in [-0.25, -0.2) is 13.6 Å². The number of amides is 2. The second-order valence-corrected chi connectivity index (χ2v) is 12.2. The zero-order valence-corrected chi connectivity index (χ0v) is 25.7. The number of aliphatic hydroxyl groups is 2. The number of nitrogens with one attached hydrogen (secondary N) is 2. The molecule has 4 rings (SSSR count). The molecule has 0 aliphatic heterocycles. The van der Waals surface area contributed by atoms with Crippen LogP contribution in [0.25, 0.3) is 0 Å². The molecular formula is C32H42F2N2O8. The van der Waals surface area contributed by atoms with E-state index < -0.39 is 46.7 Å². The molecule has 0 radical (unpaired) electrons. The second-order valence-electron chi connectivity index (χ2n) is 12.2. The van der Waals surface area contributed by atoms with Crippen molar-refractivity contribution >= 4 is 17.7 Å². The minimum Gasteiger partial charge on any atom is -0.493 e.